The van der Waals surface area contributed by atoms with E-state index in [1.54, 1.807) is 0 Å². The quantitative estimate of drug-likeness (QED) is 0.513. The number of aliphatic imine (C=N–C) groups is 1. The highest BCUT2D eigenvalue weighted by Crippen LogP contribution is 2.20. The lowest BCUT2D eigenvalue weighted by Crippen LogP contribution is -2.51. The number of anilines is 1. The standard InChI is InChI=1S/C27H40N6/c1-22-18-25(13-17-33(22)21-23-10-6-5-7-11-23)31-27(28-2)30-20-24-12-14-29-26(19-24)32-15-8-3-4-9-16-32/h5-7,10-12,14,19,22,25H,3-4,8-9,13,15-18,20-21H2,1-2H3,(H2,28,30,31). The van der Waals surface area contributed by atoms with Crippen LogP contribution in [0.2, 0.25) is 0 Å². The van der Waals surface area contributed by atoms with E-state index in [0.29, 0.717) is 12.1 Å². The zero-order valence-corrected chi connectivity index (χ0v) is 20.3. The minimum Gasteiger partial charge on any atom is -0.357 e. The first-order valence-corrected chi connectivity index (χ1v) is 12.7. The molecule has 2 aliphatic heterocycles. The van der Waals surface area contributed by atoms with Gasteiger partial charge in [0.1, 0.15) is 5.82 Å². The van der Waals surface area contributed by atoms with E-state index in [-0.39, 0.29) is 0 Å². The third kappa shape index (κ3) is 6.94. The molecule has 0 bridgehead atoms. The van der Waals surface area contributed by atoms with E-state index < -0.39 is 0 Å². The van der Waals surface area contributed by atoms with Crippen LogP contribution in [0.3, 0.4) is 0 Å². The molecule has 1 aromatic heterocycles. The molecule has 2 atom stereocenters. The molecule has 2 aliphatic rings. The summed E-state index contributed by atoms with van der Waals surface area (Å²) < 4.78 is 0. The predicted molar refractivity (Wildman–Crippen MR) is 138 cm³/mol. The number of nitrogens with zero attached hydrogens (tertiary/aromatic N) is 4. The van der Waals surface area contributed by atoms with Crippen molar-refractivity contribution in [2.75, 3.05) is 31.6 Å². The molecule has 4 rings (SSSR count). The Labute approximate surface area is 199 Å². The number of hydrogen-bond donors (Lipinski definition) is 2. The van der Waals surface area contributed by atoms with E-state index in [9.17, 15) is 0 Å². The fourth-order valence-corrected chi connectivity index (χ4v) is 5.02. The van der Waals surface area contributed by atoms with E-state index in [0.717, 1.165) is 57.3 Å². The van der Waals surface area contributed by atoms with Crippen molar-refractivity contribution in [3.05, 3.63) is 59.8 Å². The Morgan fingerprint density at radius 2 is 1.82 bits per heavy atom. The van der Waals surface area contributed by atoms with Crippen LogP contribution in [-0.2, 0) is 13.1 Å². The molecule has 178 valence electrons. The maximum Gasteiger partial charge on any atom is 0.191 e. The summed E-state index contributed by atoms with van der Waals surface area (Å²) in [6.45, 7) is 7.47. The molecule has 2 aromatic rings. The zero-order chi connectivity index (χ0) is 22.9. The van der Waals surface area contributed by atoms with Gasteiger partial charge in [0.05, 0.1) is 0 Å². The molecule has 2 N–H and O–H groups in total. The molecule has 2 fully saturated rings. The van der Waals surface area contributed by atoms with E-state index >= 15 is 0 Å². The van der Waals surface area contributed by atoms with Crippen molar-refractivity contribution < 1.29 is 0 Å². The van der Waals surface area contributed by atoms with Crippen LogP contribution in [0.1, 0.15) is 56.6 Å². The fourth-order valence-electron chi connectivity index (χ4n) is 5.02. The predicted octanol–water partition coefficient (Wildman–Crippen LogP) is 4.18. The summed E-state index contributed by atoms with van der Waals surface area (Å²) in [5.74, 6) is 2.00. The van der Waals surface area contributed by atoms with Gasteiger partial charge in [-0.25, -0.2) is 4.98 Å². The lowest BCUT2D eigenvalue weighted by atomic mass is 9.97. The Morgan fingerprint density at radius 1 is 1.03 bits per heavy atom. The Morgan fingerprint density at radius 3 is 2.55 bits per heavy atom. The first kappa shape index (κ1) is 23.6. The molecule has 2 saturated heterocycles. The molecular formula is C27H40N6. The Kier molecular flexibility index (Phi) is 8.59. The highest BCUT2D eigenvalue weighted by molar-refractivity contribution is 5.80. The normalized spacial score (nSPS) is 22.6. The largest absolute Gasteiger partial charge is 0.357 e. The summed E-state index contributed by atoms with van der Waals surface area (Å²) in [6.07, 6.45) is 9.41. The van der Waals surface area contributed by atoms with Gasteiger partial charge in [-0.15, -0.1) is 0 Å². The van der Waals surface area contributed by atoms with Gasteiger partial charge in [0.2, 0.25) is 0 Å². The van der Waals surface area contributed by atoms with Gasteiger partial charge in [-0.05, 0) is 55.9 Å². The SMILES string of the molecule is CN=C(NCc1ccnc(N2CCCCCC2)c1)NC1CCN(Cc2ccccc2)C(C)C1. The molecule has 0 amide bonds. The van der Waals surface area contributed by atoms with Crippen molar-refractivity contribution in [1.29, 1.82) is 0 Å². The van der Waals surface area contributed by atoms with E-state index in [1.165, 1.54) is 36.8 Å². The molecule has 6 heteroatoms. The highest BCUT2D eigenvalue weighted by Gasteiger charge is 2.26. The van der Waals surface area contributed by atoms with Gasteiger partial charge in [-0.1, -0.05) is 43.2 Å². The average Bonchev–Trinajstić information content (AvgIpc) is 3.14. The molecular weight excluding hydrogens is 408 g/mol. The molecule has 0 spiro atoms. The van der Waals surface area contributed by atoms with Crippen molar-refractivity contribution in [3.8, 4) is 0 Å². The lowest BCUT2D eigenvalue weighted by molar-refractivity contribution is 0.134. The van der Waals surface area contributed by atoms with Gasteiger partial charge in [-0.3, -0.25) is 9.89 Å². The van der Waals surface area contributed by atoms with Gasteiger partial charge < -0.3 is 15.5 Å². The van der Waals surface area contributed by atoms with Gasteiger partial charge in [-0.2, -0.15) is 0 Å². The van der Waals surface area contributed by atoms with Crippen LogP contribution in [0, 0.1) is 0 Å². The summed E-state index contributed by atoms with van der Waals surface area (Å²) in [5, 5.41) is 7.18. The minimum absolute atomic E-state index is 0.448. The average molecular weight is 449 g/mol. The van der Waals surface area contributed by atoms with Gasteiger partial charge >= 0.3 is 0 Å². The molecule has 0 aliphatic carbocycles. The summed E-state index contributed by atoms with van der Waals surface area (Å²) in [5.41, 5.74) is 2.64. The molecule has 1 aromatic carbocycles. The van der Waals surface area contributed by atoms with Crippen molar-refractivity contribution in [2.45, 2.75) is 70.6 Å². The molecule has 0 radical (unpaired) electrons. The Bertz CT molecular complexity index is 875. The minimum atomic E-state index is 0.448. The topological polar surface area (TPSA) is 55.8 Å². The molecule has 33 heavy (non-hydrogen) atoms. The van der Waals surface area contributed by atoms with E-state index in [4.69, 9.17) is 0 Å². The number of piperidine rings is 1. The van der Waals surface area contributed by atoms with Crippen LogP contribution in [0.4, 0.5) is 5.82 Å². The van der Waals surface area contributed by atoms with Crippen LogP contribution in [-0.4, -0.2) is 54.6 Å². The third-order valence-corrected chi connectivity index (χ3v) is 7.01. The van der Waals surface area contributed by atoms with Crippen LogP contribution in [0.5, 0.6) is 0 Å². The first-order valence-electron chi connectivity index (χ1n) is 12.7. The molecule has 6 nitrogen and oxygen atoms in total. The van der Waals surface area contributed by atoms with Crippen LogP contribution >= 0.6 is 0 Å². The van der Waals surface area contributed by atoms with Crippen LogP contribution < -0.4 is 15.5 Å². The monoisotopic (exact) mass is 448 g/mol. The highest BCUT2D eigenvalue weighted by atomic mass is 15.2. The number of benzene rings is 1. The number of guanidine groups is 1. The fraction of sp³-hybridized carbons (Fsp3) is 0.556. The van der Waals surface area contributed by atoms with Gasteiger partial charge in [0.25, 0.3) is 0 Å². The third-order valence-electron chi connectivity index (χ3n) is 7.01. The summed E-state index contributed by atoms with van der Waals surface area (Å²) in [4.78, 5) is 14.2. The maximum absolute atomic E-state index is 4.64. The number of hydrogen-bond acceptors (Lipinski definition) is 4. The zero-order valence-electron chi connectivity index (χ0n) is 20.3. The van der Waals surface area contributed by atoms with Crippen molar-refractivity contribution in [2.24, 2.45) is 4.99 Å². The maximum atomic E-state index is 4.64. The van der Waals surface area contributed by atoms with E-state index in [1.807, 2.05) is 13.2 Å². The lowest BCUT2D eigenvalue weighted by Gasteiger charge is -2.38. The van der Waals surface area contributed by atoms with E-state index in [2.05, 4.69) is 79.8 Å². The molecule has 2 unspecified atom stereocenters. The summed E-state index contributed by atoms with van der Waals surface area (Å²) in [7, 11) is 1.86. The first-order chi connectivity index (χ1) is 16.2. The van der Waals surface area contributed by atoms with Crippen LogP contribution in [0.25, 0.3) is 0 Å². The van der Waals surface area contributed by atoms with Crippen LogP contribution in [0.15, 0.2) is 53.7 Å². The van der Waals surface area contributed by atoms with Gasteiger partial charge in [0, 0.05) is 58.1 Å². The smallest absolute Gasteiger partial charge is 0.191 e. The molecule has 3 heterocycles. The van der Waals surface area contributed by atoms with Crippen molar-refractivity contribution in [1.82, 2.24) is 20.5 Å². The van der Waals surface area contributed by atoms with Crippen molar-refractivity contribution in [3.63, 3.8) is 0 Å². The number of aromatic nitrogens is 1. The number of rotatable bonds is 6. The van der Waals surface area contributed by atoms with Crippen molar-refractivity contribution >= 4 is 11.8 Å². The number of nitrogens with one attached hydrogen (secondary N) is 2. The van der Waals surface area contributed by atoms with Gasteiger partial charge in [0.15, 0.2) is 5.96 Å². The second-order valence-electron chi connectivity index (χ2n) is 9.52. The second-order valence-corrected chi connectivity index (χ2v) is 9.52. The Hall–Kier alpha value is -2.60. The summed E-state index contributed by atoms with van der Waals surface area (Å²) in [6, 6.07) is 16.1. The second kappa shape index (κ2) is 12.0. The number of pyridine rings is 1. The number of likely N-dealkylation sites (tertiary alicyclic amines) is 1. The Balaban J connectivity index is 1.26. The molecule has 0 saturated carbocycles. The summed E-state index contributed by atoms with van der Waals surface area (Å²) >= 11 is 0.